The van der Waals surface area contributed by atoms with E-state index in [9.17, 15) is 0 Å². The van der Waals surface area contributed by atoms with Gasteiger partial charge in [-0.25, -0.2) is 9.97 Å². The predicted octanol–water partition coefficient (Wildman–Crippen LogP) is 2.57. The molecular weight excluding hydrogens is 238 g/mol. The Balaban J connectivity index is 2.05. The topological polar surface area (TPSA) is 67.3 Å². The summed E-state index contributed by atoms with van der Waals surface area (Å²) in [5, 5.41) is 9.49. The second-order valence-electron chi connectivity index (χ2n) is 4.29. The van der Waals surface area contributed by atoms with Crippen LogP contribution in [0.5, 0.6) is 0 Å². The van der Waals surface area contributed by atoms with E-state index in [1.165, 1.54) is 0 Å². The van der Waals surface area contributed by atoms with Crippen LogP contribution in [0.4, 0.5) is 0 Å². The molecular formula is C14H9N5. The average molecular weight is 247 g/mol. The number of aromatic amines is 1. The van der Waals surface area contributed by atoms with Crippen LogP contribution in [0.2, 0.25) is 0 Å². The molecule has 3 aromatic heterocycles. The van der Waals surface area contributed by atoms with Gasteiger partial charge in [0.25, 0.3) is 0 Å². The Bertz CT molecular complexity index is 867. The van der Waals surface area contributed by atoms with E-state index in [4.69, 9.17) is 0 Å². The minimum atomic E-state index is 0.915. The first-order chi connectivity index (χ1) is 9.42. The van der Waals surface area contributed by atoms with Gasteiger partial charge in [-0.05, 0) is 24.3 Å². The van der Waals surface area contributed by atoms with E-state index in [0.29, 0.717) is 0 Å². The molecule has 5 nitrogen and oxygen atoms in total. The first kappa shape index (κ1) is 10.1. The highest BCUT2D eigenvalue weighted by Crippen LogP contribution is 2.28. The highest BCUT2D eigenvalue weighted by Gasteiger charge is 2.09. The van der Waals surface area contributed by atoms with Gasteiger partial charge in [0.15, 0.2) is 0 Å². The third-order valence-electron chi connectivity index (χ3n) is 3.14. The van der Waals surface area contributed by atoms with E-state index >= 15 is 0 Å². The summed E-state index contributed by atoms with van der Waals surface area (Å²) in [4.78, 5) is 12.3. The van der Waals surface area contributed by atoms with Gasteiger partial charge in [0.05, 0.1) is 11.0 Å². The number of pyridine rings is 1. The first-order valence-corrected chi connectivity index (χ1v) is 5.90. The Morgan fingerprint density at radius 3 is 2.79 bits per heavy atom. The summed E-state index contributed by atoms with van der Waals surface area (Å²) in [5.74, 6) is 0. The van der Waals surface area contributed by atoms with E-state index in [1.807, 2.05) is 24.3 Å². The minimum Gasteiger partial charge on any atom is -0.277 e. The molecule has 3 heterocycles. The monoisotopic (exact) mass is 247 g/mol. The van der Waals surface area contributed by atoms with Crippen molar-refractivity contribution in [2.75, 3.05) is 0 Å². The number of aromatic nitrogens is 5. The molecule has 0 radical (unpaired) electrons. The third-order valence-corrected chi connectivity index (χ3v) is 3.14. The summed E-state index contributed by atoms with van der Waals surface area (Å²) in [6.45, 7) is 0. The molecule has 0 spiro atoms. The fourth-order valence-corrected chi connectivity index (χ4v) is 2.22. The number of rotatable bonds is 1. The Kier molecular flexibility index (Phi) is 2.05. The Hall–Kier alpha value is -2.82. The average Bonchev–Trinajstić information content (AvgIpc) is 2.88. The number of hydrogen-bond acceptors (Lipinski definition) is 4. The van der Waals surface area contributed by atoms with Gasteiger partial charge in [-0.15, -0.1) is 0 Å². The van der Waals surface area contributed by atoms with Crippen LogP contribution in [0.3, 0.4) is 0 Å². The van der Waals surface area contributed by atoms with Crippen molar-refractivity contribution in [3.8, 4) is 11.3 Å². The molecule has 0 aliphatic rings. The molecule has 0 saturated carbocycles. The van der Waals surface area contributed by atoms with Crippen LogP contribution in [0.25, 0.3) is 33.1 Å². The number of fused-ring (bicyclic) bond motifs is 2. The van der Waals surface area contributed by atoms with Crippen molar-refractivity contribution in [1.29, 1.82) is 0 Å². The van der Waals surface area contributed by atoms with Gasteiger partial charge >= 0.3 is 0 Å². The van der Waals surface area contributed by atoms with Gasteiger partial charge in [0.1, 0.15) is 12.0 Å². The molecule has 19 heavy (non-hydrogen) atoms. The fourth-order valence-electron chi connectivity index (χ4n) is 2.22. The standard InChI is InChI=1S/C14H9N5/c1-3-15-4-2-9(1)14-11-6-12-10(7-16-8-17-12)5-13(11)18-19-14/h1-8H,(H,18,19). The maximum absolute atomic E-state index is 4.39. The number of nitrogens with one attached hydrogen (secondary N) is 1. The van der Waals surface area contributed by atoms with Crippen molar-refractivity contribution in [2.45, 2.75) is 0 Å². The molecule has 0 amide bonds. The largest absolute Gasteiger partial charge is 0.277 e. The minimum absolute atomic E-state index is 0.915. The lowest BCUT2D eigenvalue weighted by atomic mass is 10.1. The van der Waals surface area contributed by atoms with Crippen LogP contribution in [0, 0.1) is 0 Å². The summed E-state index contributed by atoms with van der Waals surface area (Å²) in [6.07, 6.45) is 6.88. The maximum atomic E-state index is 4.39. The predicted molar refractivity (Wildman–Crippen MR) is 72.4 cm³/mol. The van der Waals surface area contributed by atoms with Crippen LogP contribution < -0.4 is 0 Å². The molecule has 0 saturated heterocycles. The first-order valence-electron chi connectivity index (χ1n) is 5.90. The Morgan fingerprint density at radius 2 is 1.89 bits per heavy atom. The van der Waals surface area contributed by atoms with Gasteiger partial charge in [-0.3, -0.25) is 10.1 Å². The molecule has 1 aromatic carbocycles. The van der Waals surface area contributed by atoms with Crippen LogP contribution >= 0.6 is 0 Å². The van der Waals surface area contributed by atoms with Gasteiger partial charge in [0, 0.05) is 34.9 Å². The van der Waals surface area contributed by atoms with Crippen LogP contribution in [0.1, 0.15) is 0 Å². The van der Waals surface area contributed by atoms with E-state index < -0.39 is 0 Å². The molecule has 0 aliphatic carbocycles. The highest BCUT2D eigenvalue weighted by atomic mass is 15.1. The van der Waals surface area contributed by atoms with E-state index in [0.717, 1.165) is 33.1 Å². The molecule has 5 heteroatoms. The second kappa shape index (κ2) is 3.84. The Morgan fingerprint density at radius 1 is 1.00 bits per heavy atom. The van der Waals surface area contributed by atoms with E-state index in [2.05, 4.69) is 25.1 Å². The molecule has 0 fully saturated rings. The smallest absolute Gasteiger partial charge is 0.116 e. The van der Waals surface area contributed by atoms with Crippen molar-refractivity contribution < 1.29 is 0 Å². The zero-order valence-electron chi connectivity index (χ0n) is 9.91. The van der Waals surface area contributed by atoms with Crippen LogP contribution in [-0.2, 0) is 0 Å². The number of nitrogens with zero attached hydrogens (tertiary/aromatic N) is 4. The van der Waals surface area contributed by atoms with Crippen molar-refractivity contribution in [3.63, 3.8) is 0 Å². The van der Waals surface area contributed by atoms with Crippen LogP contribution in [0.15, 0.2) is 49.2 Å². The summed E-state index contributed by atoms with van der Waals surface area (Å²) < 4.78 is 0. The summed E-state index contributed by atoms with van der Waals surface area (Å²) >= 11 is 0. The molecule has 0 unspecified atom stereocenters. The van der Waals surface area contributed by atoms with Crippen LogP contribution in [-0.4, -0.2) is 25.1 Å². The van der Waals surface area contributed by atoms with Crippen molar-refractivity contribution in [2.24, 2.45) is 0 Å². The van der Waals surface area contributed by atoms with Gasteiger partial charge in [-0.1, -0.05) is 0 Å². The van der Waals surface area contributed by atoms with Crippen molar-refractivity contribution in [1.82, 2.24) is 25.1 Å². The highest BCUT2D eigenvalue weighted by molar-refractivity contribution is 6.00. The molecule has 0 bridgehead atoms. The molecule has 4 aromatic rings. The zero-order chi connectivity index (χ0) is 12.7. The number of H-pyrrole nitrogens is 1. The maximum Gasteiger partial charge on any atom is 0.116 e. The summed E-state index contributed by atoms with van der Waals surface area (Å²) in [5.41, 5.74) is 3.85. The molecule has 90 valence electrons. The van der Waals surface area contributed by atoms with E-state index in [1.54, 1.807) is 24.9 Å². The molecule has 4 rings (SSSR count). The fraction of sp³-hybridized carbons (Fsp3) is 0. The van der Waals surface area contributed by atoms with Gasteiger partial charge < -0.3 is 0 Å². The van der Waals surface area contributed by atoms with Crippen molar-refractivity contribution >= 4 is 21.8 Å². The lowest BCUT2D eigenvalue weighted by Crippen LogP contribution is -1.82. The quantitative estimate of drug-likeness (QED) is 0.561. The van der Waals surface area contributed by atoms with Gasteiger partial charge in [-0.2, -0.15) is 5.10 Å². The van der Waals surface area contributed by atoms with Gasteiger partial charge in [0.2, 0.25) is 0 Å². The summed E-state index contributed by atoms with van der Waals surface area (Å²) in [6, 6.07) is 7.94. The second-order valence-corrected chi connectivity index (χ2v) is 4.29. The summed E-state index contributed by atoms with van der Waals surface area (Å²) in [7, 11) is 0. The molecule has 0 atom stereocenters. The molecule has 1 N–H and O–H groups in total. The molecule has 0 aliphatic heterocycles. The lowest BCUT2D eigenvalue weighted by molar-refractivity contribution is 1.12. The number of benzene rings is 1. The number of hydrogen-bond donors (Lipinski definition) is 1. The lowest BCUT2D eigenvalue weighted by Gasteiger charge is -1.99. The Labute approximate surface area is 108 Å². The normalized spacial score (nSPS) is 11.2. The zero-order valence-corrected chi connectivity index (χ0v) is 9.91. The van der Waals surface area contributed by atoms with Crippen molar-refractivity contribution in [3.05, 3.63) is 49.2 Å². The SMILES string of the molecule is c1cc(-c2n[nH]c3cc4cncnc4cc23)ccn1. The van der Waals surface area contributed by atoms with E-state index in [-0.39, 0.29) is 0 Å². The third kappa shape index (κ3) is 1.55.